The molecule has 0 amide bonds. The number of hydrogen-bond acceptors (Lipinski definition) is 5. The van der Waals surface area contributed by atoms with Gasteiger partial charge in [0.25, 0.3) is 5.78 Å². The van der Waals surface area contributed by atoms with Crippen molar-refractivity contribution < 1.29 is 18.3 Å². The fourth-order valence-corrected chi connectivity index (χ4v) is 2.58. The van der Waals surface area contributed by atoms with Crippen molar-refractivity contribution in [2.24, 2.45) is 5.92 Å². The van der Waals surface area contributed by atoms with Crippen LogP contribution in [0.4, 0.5) is 19.0 Å². The number of anilines is 1. The monoisotopic (exact) mass is 385 g/mol. The first-order valence-electron chi connectivity index (χ1n) is 7.66. The molecular formula is C16H15ClF3N5O. The van der Waals surface area contributed by atoms with E-state index in [2.05, 4.69) is 20.4 Å². The first kappa shape index (κ1) is 18.4. The van der Waals surface area contributed by atoms with Gasteiger partial charge in [-0.25, -0.2) is 13.2 Å². The maximum atomic E-state index is 14.4. The summed E-state index contributed by atoms with van der Waals surface area (Å²) in [5.74, 6) is -3.66. The number of benzene rings is 1. The number of aromatic nitrogens is 4. The van der Waals surface area contributed by atoms with Gasteiger partial charge in [0.1, 0.15) is 40.5 Å². The molecule has 0 radical (unpaired) electrons. The van der Waals surface area contributed by atoms with Crippen molar-refractivity contribution in [3.05, 3.63) is 41.1 Å². The lowest BCUT2D eigenvalue weighted by atomic mass is 10.0. The topological polar surface area (TPSA) is 75.3 Å². The summed E-state index contributed by atoms with van der Waals surface area (Å²) < 4.78 is 43.2. The summed E-state index contributed by atoms with van der Waals surface area (Å²) in [6.45, 7) is 4.97. The molecule has 0 bridgehead atoms. The van der Waals surface area contributed by atoms with Gasteiger partial charge in [-0.3, -0.25) is 0 Å². The first-order chi connectivity index (χ1) is 12.1. The van der Waals surface area contributed by atoms with Crippen LogP contribution < -0.4 is 5.32 Å². The summed E-state index contributed by atoms with van der Waals surface area (Å²) in [7, 11) is 0. The van der Waals surface area contributed by atoms with Gasteiger partial charge in [-0.15, -0.1) is 0 Å². The fraction of sp³-hybridized carbons (Fsp3) is 0.312. The number of halogens is 4. The van der Waals surface area contributed by atoms with E-state index in [4.69, 9.17) is 11.6 Å². The fourth-order valence-electron chi connectivity index (χ4n) is 2.32. The van der Waals surface area contributed by atoms with E-state index in [1.54, 1.807) is 13.8 Å². The molecule has 1 atom stereocenters. The Morgan fingerprint density at radius 2 is 1.81 bits per heavy atom. The van der Waals surface area contributed by atoms with E-state index in [0.29, 0.717) is 12.1 Å². The van der Waals surface area contributed by atoms with Crippen LogP contribution in [0, 0.1) is 23.4 Å². The van der Waals surface area contributed by atoms with Gasteiger partial charge in [0, 0.05) is 18.1 Å². The molecule has 1 unspecified atom stereocenters. The average molecular weight is 386 g/mol. The normalized spacial score (nSPS) is 14.0. The molecule has 0 aliphatic heterocycles. The molecule has 0 saturated carbocycles. The Morgan fingerprint density at radius 1 is 1.19 bits per heavy atom. The minimum Gasteiger partial charge on any atom is -0.371 e. The highest BCUT2D eigenvalue weighted by atomic mass is 35.5. The van der Waals surface area contributed by atoms with E-state index in [-0.39, 0.29) is 28.2 Å². The van der Waals surface area contributed by atoms with Gasteiger partial charge in [0.2, 0.25) is 0 Å². The van der Waals surface area contributed by atoms with Crippen LogP contribution in [-0.2, 0) is 0 Å². The largest absolute Gasteiger partial charge is 0.371 e. The molecule has 3 rings (SSSR count). The van der Waals surface area contributed by atoms with Crippen LogP contribution >= 0.6 is 11.6 Å². The summed E-state index contributed by atoms with van der Waals surface area (Å²) in [5, 5.41) is 17.1. The van der Waals surface area contributed by atoms with Crippen molar-refractivity contribution >= 4 is 23.2 Å². The third-order valence-electron chi connectivity index (χ3n) is 4.14. The lowest BCUT2D eigenvalue weighted by Gasteiger charge is -2.31. The molecule has 0 aliphatic carbocycles. The number of rotatable bonds is 4. The minimum absolute atomic E-state index is 0.0272. The molecular weight excluding hydrogens is 371 g/mol. The van der Waals surface area contributed by atoms with Gasteiger partial charge < -0.3 is 10.4 Å². The lowest BCUT2D eigenvalue weighted by molar-refractivity contribution is 0.0416. The zero-order chi connectivity index (χ0) is 19.2. The Labute approximate surface area is 151 Å². The predicted octanol–water partition coefficient (Wildman–Crippen LogP) is 3.64. The number of nitrogens with zero attached hydrogens (tertiary/aromatic N) is 4. The minimum atomic E-state index is -1.48. The maximum Gasteiger partial charge on any atom is 0.255 e. The molecule has 2 heterocycles. The first-order valence-corrected chi connectivity index (χ1v) is 8.04. The van der Waals surface area contributed by atoms with E-state index in [1.807, 2.05) is 0 Å². The SMILES string of the molecule is CC(C)C(C)(O)Nc1c(-c2c(F)cc(F)cc2F)c(Cl)nc2ncnn12. The van der Waals surface area contributed by atoms with Gasteiger partial charge in [-0.05, 0) is 6.92 Å². The van der Waals surface area contributed by atoms with Gasteiger partial charge in [0.15, 0.2) is 0 Å². The van der Waals surface area contributed by atoms with Gasteiger partial charge >= 0.3 is 0 Å². The van der Waals surface area contributed by atoms with Crippen molar-refractivity contribution in [3.63, 3.8) is 0 Å². The van der Waals surface area contributed by atoms with E-state index in [9.17, 15) is 18.3 Å². The number of hydrogen-bond donors (Lipinski definition) is 2. The molecule has 3 aromatic rings. The highest BCUT2D eigenvalue weighted by Crippen LogP contribution is 2.39. The Balaban J connectivity index is 2.36. The molecule has 0 fully saturated rings. The van der Waals surface area contributed by atoms with Crippen molar-refractivity contribution in [1.29, 1.82) is 0 Å². The summed E-state index contributed by atoms with van der Waals surface area (Å²) in [6, 6.07) is 1.06. The Bertz CT molecular complexity index is 966. The molecule has 10 heteroatoms. The third kappa shape index (κ3) is 3.08. The maximum absolute atomic E-state index is 14.4. The Kier molecular flexibility index (Phi) is 4.53. The quantitative estimate of drug-likeness (QED) is 0.529. The Morgan fingerprint density at radius 3 is 2.38 bits per heavy atom. The van der Waals surface area contributed by atoms with Crippen LogP contribution in [0.3, 0.4) is 0 Å². The molecule has 2 aromatic heterocycles. The molecule has 26 heavy (non-hydrogen) atoms. The Hall–Kier alpha value is -2.39. The molecule has 0 spiro atoms. The van der Waals surface area contributed by atoms with Crippen LogP contribution in [0.2, 0.25) is 5.15 Å². The number of fused-ring (bicyclic) bond motifs is 1. The van der Waals surface area contributed by atoms with Gasteiger partial charge in [0.05, 0.1) is 11.1 Å². The summed E-state index contributed by atoms with van der Waals surface area (Å²) in [4.78, 5) is 7.85. The average Bonchev–Trinajstić information content (AvgIpc) is 2.96. The molecule has 1 aromatic carbocycles. The second kappa shape index (κ2) is 6.40. The van der Waals surface area contributed by atoms with E-state index >= 15 is 0 Å². The van der Waals surface area contributed by atoms with E-state index < -0.39 is 28.7 Å². The van der Waals surface area contributed by atoms with Crippen LogP contribution in [0.15, 0.2) is 18.5 Å². The molecule has 6 nitrogen and oxygen atoms in total. The molecule has 0 saturated heterocycles. The lowest BCUT2D eigenvalue weighted by Crippen LogP contribution is -2.41. The second-order valence-electron chi connectivity index (χ2n) is 6.27. The third-order valence-corrected chi connectivity index (χ3v) is 4.41. The zero-order valence-corrected chi connectivity index (χ0v) is 14.8. The second-order valence-corrected chi connectivity index (χ2v) is 6.63. The van der Waals surface area contributed by atoms with E-state index in [1.165, 1.54) is 13.3 Å². The number of aliphatic hydroxyl groups is 1. The standard InChI is InChI=1S/C16H15ClF3N5O/c1-7(2)16(3,26)24-14-12(11-9(19)4-8(18)5-10(11)20)13(17)23-15-21-6-22-25(14)15/h4-7,24,26H,1-3H3. The highest BCUT2D eigenvalue weighted by Gasteiger charge is 2.30. The molecule has 138 valence electrons. The molecule has 2 N–H and O–H groups in total. The van der Waals surface area contributed by atoms with Crippen LogP contribution in [0.1, 0.15) is 20.8 Å². The van der Waals surface area contributed by atoms with Gasteiger partial charge in [-0.1, -0.05) is 25.4 Å². The summed E-state index contributed by atoms with van der Waals surface area (Å²) in [5.41, 5.74) is -2.28. The highest BCUT2D eigenvalue weighted by molar-refractivity contribution is 6.33. The van der Waals surface area contributed by atoms with Crippen LogP contribution in [0.25, 0.3) is 16.9 Å². The van der Waals surface area contributed by atoms with Crippen molar-refractivity contribution in [1.82, 2.24) is 19.6 Å². The van der Waals surface area contributed by atoms with Crippen molar-refractivity contribution in [2.45, 2.75) is 26.5 Å². The molecule has 0 aliphatic rings. The summed E-state index contributed by atoms with van der Waals surface area (Å²) in [6.07, 6.45) is 1.18. The zero-order valence-electron chi connectivity index (χ0n) is 14.1. The van der Waals surface area contributed by atoms with E-state index in [0.717, 1.165) is 4.52 Å². The smallest absolute Gasteiger partial charge is 0.255 e. The number of nitrogens with one attached hydrogen (secondary N) is 1. The van der Waals surface area contributed by atoms with Crippen molar-refractivity contribution in [2.75, 3.05) is 5.32 Å². The predicted molar refractivity (Wildman–Crippen MR) is 90.2 cm³/mol. The summed E-state index contributed by atoms with van der Waals surface area (Å²) >= 11 is 6.15. The van der Waals surface area contributed by atoms with Crippen molar-refractivity contribution in [3.8, 4) is 11.1 Å². The van der Waals surface area contributed by atoms with Gasteiger partial charge in [-0.2, -0.15) is 19.6 Å². The van der Waals surface area contributed by atoms with Crippen LogP contribution in [-0.4, -0.2) is 30.4 Å². The van der Waals surface area contributed by atoms with Crippen LogP contribution in [0.5, 0.6) is 0 Å².